The Kier molecular flexibility index (Phi) is 3.76. The van der Waals surface area contributed by atoms with Crippen LogP contribution >= 0.6 is 15.9 Å². The summed E-state index contributed by atoms with van der Waals surface area (Å²) in [5.41, 5.74) is 0. The third kappa shape index (κ3) is 3.15. The van der Waals surface area contributed by atoms with Gasteiger partial charge in [0.2, 0.25) is 0 Å². The van der Waals surface area contributed by atoms with Crippen LogP contribution in [0.1, 0.15) is 12.2 Å². The maximum absolute atomic E-state index is 4.35. The van der Waals surface area contributed by atoms with E-state index in [0.29, 0.717) is 0 Å². The Morgan fingerprint density at radius 1 is 1.56 bits per heavy atom. The lowest BCUT2D eigenvalue weighted by Crippen LogP contribution is -2.19. The van der Waals surface area contributed by atoms with Gasteiger partial charge in [-0.1, -0.05) is 0 Å². The molecule has 2 rings (SSSR count). The van der Waals surface area contributed by atoms with Crippen molar-refractivity contribution in [1.29, 1.82) is 0 Å². The Morgan fingerprint density at radius 3 is 3.00 bits per heavy atom. The van der Waals surface area contributed by atoms with Gasteiger partial charge in [-0.05, 0) is 48.8 Å². The number of rotatable bonds is 3. The summed E-state index contributed by atoms with van der Waals surface area (Å²) in [6.45, 7) is 5.28. The first-order chi connectivity index (χ1) is 7.63. The Bertz CT molecular complexity index is 349. The molecule has 0 spiro atoms. The van der Waals surface area contributed by atoms with Crippen molar-refractivity contribution >= 4 is 21.7 Å². The smallest absolute Gasteiger partial charge is 0.130 e. The highest BCUT2D eigenvalue weighted by molar-refractivity contribution is 9.10. The van der Waals surface area contributed by atoms with E-state index in [2.05, 4.69) is 43.2 Å². The normalized spacial score (nSPS) is 21.3. The number of nitrogens with zero attached hydrogens (tertiary/aromatic N) is 3. The zero-order chi connectivity index (χ0) is 11.5. The van der Waals surface area contributed by atoms with Gasteiger partial charge in [0.15, 0.2) is 0 Å². The Labute approximate surface area is 105 Å². The number of hydrogen-bond acceptors (Lipinski definition) is 4. The van der Waals surface area contributed by atoms with Gasteiger partial charge in [0, 0.05) is 19.2 Å². The second-order valence-corrected chi connectivity index (χ2v) is 5.23. The van der Waals surface area contributed by atoms with Crippen molar-refractivity contribution in [3.63, 3.8) is 0 Å². The van der Waals surface area contributed by atoms with E-state index in [-0.39, 0.29) is 0 Å². The lowest BCUT2D eigenvalue weighted by molar-refractivity contribution is 0.399. The van der Waals surface area contributed by atoms with E-state index in [0.717, 1.165) is 28.7 Å². The number of hydrogen-bond donors (Lipinski definition) is 1. The van der Waals surface area contributed by atoms with Crippen LogP contribution in [0.2, 0.25) is 0 Å². The van der Waals surface area contributed by atoms with Gasteiger partial charge in [0.05, 0.1) is 0 Å². The van der Waals surface area contributed by atoms with Gasteiger partial charge >= 0.3 is 0 Å². The van der Waals surface area contributed by atoms with Gasteiger partial charge < -0.3 is 10.2 Å². The summed E-state index contributed by atoms with van der Waals surface area (Å²) < 4.78 is 0.839. The number of nitrogens with one attached hydrogen (secondary N) is 1. The van der Waals surface area contributed by atoms with Crippen molar-refractivity contribution in [3.8, 4) is 0 Å². The van der Waals surface area contributed by atoms with Gasteiger partial charge in [0.1, 0.15) is 16.2 Å². The Hall–Kier alpha value is -0.680. The number of anilines is 1. The average molecular weight is 285 g/mol. The van der Waals surface area contributed by atoms with Crippen molar-refractivity contribution in [3.05, 3.63) is 16.5 Å². The Morgan fingerprint density at radius 2 is 2.38 bits per heavy atom. The topological polar surface area (TPSA) is 41.1 Å². The number of halogens is 1. The zero-order valence-electron chi connectivity index (χ0n) is 9.70. The average Bonchev–Trinajstić information content (AvgIpc) is 2.60. The van der Waals surface area contributed by atoms with E-state index in [1.165, 1.54) is 19.5 Å². The molecule has 4 nitrogen and oxygen atoms in total. The molecule has 1 aliphatic rings. The number of aryl methyl sites for hydroxylation is 1. The number of aromatic nitrogens is 2. The van der Waals surface area contributed by atoms with Crippen LogP contribution in [0.5, 0.6) is 0 Å². The van der Waals surface area contributed by atoms with E-state index >= 15 is 0 Å². The molecule has 0 bridgehead atoms. The fourth-order valence-electron chi connectivity index (χ4n) is 2.06. The molecule has 0 saturated carbocycles. The van der Waals surface area contributed by atoms with Crippen molar-refractivity contribution in [2.45, 2.75) is 13.3 Å². The standard InChI is InChI=1S/C11H17BrN4/c1-8-14-10(12)5-11(15-8)13-6-9-3-4-16(2)7-9/h5,9H,3-4,6-7H2,1-2H3,(H,13,14,15). The minimum absolute atomic E-state index is 0.735. The Balaban J connectivity index is 1.89. The van der Waals surface area contributed by atoms with Gasteiger partial charge in [0.25, 0.3) is 0 Å². The summed E-state index contributed by atoms with van der Waals surface area (Å²) in [5.74, 6) is 2.44. The molecule has 1 N–H and O–H groups in total. The van der Waals surface area contributed by atoms with Gasteiger partial charge in [-0.2, -0.15) is 0 Å². The number of likely N-dealkylation sites (tertiary alicyclic amines) is 1. The van der Waals surface area contributed by atoms with Crippen LogP contribution in [-0.4, -0.2) is 41.5 Å². The lowest BCUT2D eigenvalue weighted by Gasteiger charge is -2.12. The molecule has 1 aromatic heterocycles. The molecule has 1 fully saturated rings. The van der Waals surface area contributed by atoms with Crippen LogP contribution in [0.4, 0.5) is 5.82 Å². The van der Waals surface area contributed by atoms with E-state index in [1.807, 2.05) is 13.0 Å². The van der Waals surface area contributed by atoms with Crippen LogP contribution in [0.15, 0.2) is 10.7 Å². The second-order valence-electron chi connectivity index (χ2n) is 4.42. The van der Waals surface area contributed by atoms with Crippen molar-refractivity contribution in [2.75, 3.05) is 32.0 Å². The molecule has 1 aliphatic heterocycles. The molecule has 0 radical (unpaired) electrons. The quantitative estimate of drug-likeness (QED) is 0.861. The van der Waals surface area contributed by atoms with Gasteiger partial charge in [-0.3, -0.25) is 0 Å². The van der Waals surface area contributed by atoms with E-state index in [4.69, 9.17) is 0 Å². The molecule has 1 aromatic rings. The molecule has 0 aromatic carbocycles. The summed E-state index contributed by atoms with van der Waals surface area (Å²) in [6.07, 6.45) is 1.27. The minimum atomic E-state index is 0.735. The SMILES string of the molecule is Cc1nc(Br)cc(NCC2CCN(C)C2)n1. The fourth-order valence-corrected chi connectivity index (χ4v) is 2.54. The van der Waals surface area contributed by atoms with Gasteiger partial charge in [-0.15, -0.1) is 0 Å². The summed E-state index contributed by atoms with van der Waals surface area (Å²) in [6, 6.07) is 1.92. The first kappa shape index (κ1) is 11.8. The summed E-state index contributed by atoms with van der Waals surface area (Å²) in [5, 5.41) is 3.38. The highest BCUT2D eigenvalue weighted by Crippen LogP contribution is 2.16. The lowest BCUT2D eigenvalue weighted by atomic mass is 10.1. The second kappa shape index (κ2) is 5.10. The van der Waals surface area contributed by atoms with Crippen LogP contribution in [0, 0.1) is 12.8 Å². The van der Waals surface area contributed by atoms with Crippen LogP contribution in [0.25, 0.3) is 0 Å². The van der Waals surface area contributed by atoms with Gasteiger partial charge in [-0.25, -0.2) is 9.97 Å². The molecule has 1 unspecified atom stereocenters. The molecule has 16 heavy (non-hydrogen) atoms. The maximum Gasteiger partial charge on any atom is 0.130 e. The molecule has 0 aliphatic carbocycles. The third-order valence-electron chi connectivity index (χ3n) is 2.87. The largest absolute Gasteiger partial charge is 0.370 e. The summed E-state index contributed by atoms with van der Waals surface area (Å²) >= 11 is 3.38. The minimum Gasteiger partial charge on any atom is -0.370 e. The van der Waals surface area contributed by atoms with E-state index < -0.39 is 0 Å². The van der Waals surface area contributed by atoms with Crippen molar-refractivity contribution in [1.82, 2.24) is 14.9 Å². The summed E-state index contributed by atoms with van der Waals surface area (Å²) in [7, 11) is 2.17. The van der Waals surface area contributed by atoms with Crippen molar-refractivity contribution < 1.29 is 0 Å². The van der Waals surface area contributed by atoms with E-state index in [1.54, 1.807) is 0 Å². The predicted octanol–water partition coefficient (Wildman–Crippen LogP) is 1.91. The van der Waals surface area contributed by atoms with Crippen molar-refractivity contribution in [2.24, 2.45) is 5.92 Å². The highest BCUT2D eigenvalue weighted by Gasteiger charge is 2.18. The molecule has 5 heteroatoms. The molecular formula is C11H17BrN4. The van der Waals surface area contributed by atoms with Crippen LogP contribution in [-0.2, 0) is 0 Å². The monoisotopic (exact) mass is 284 g/mol. The molecule has 88 valence electrons. The predicted molar refractivity (Wildman–Crippen MR) is 68.6 cm³/mol. The molecule has 1 atom stereocenters. The zero-order valence-corrected chi connectivity index (χ0v) is 11.3. The third-order valence-corrected chi connectivity index (χ3v) is 3.27. The van der Waals surface area contributed by atoms with E-state index in [9.17, 15) is 0 Å². The molecule has 1 saturated heterocycles. The molecule has 2 heterocycles. The van der Waals surface area contributed by atoms with Crippen LogP contribution in [0.3, 0.4) is 0 Å². The van der Waals surface area contributed by atoms with Crippen LogP contribution < -0.4 is 5.32 Å². The highest BCUT2D eigenvalue weighted by atomic mass is 79.9. The fraction of sp³-hybridized carbons (Fsp3) is 0.636. The molecule has 0 amide bonds. The first-order valence-corrected chi connectivity index (χ1v) is 6.36. The molecular weight excluding hydrogens is 268 g/mol. The summed E-state index contributed by atoms with van der Waals surface area (Å²) in [4.78, 5) is 10.9. The first-order valence-electron chi connectivity index (χ1n) is 5.57. The maximum atomic E-state index is 4.35.